The zero-order chi connectivity index (χ0) is 12.7. The Kier molecular flexibility index (Phi) is 3.04. The number of rotatable bonds is 1. The molecule has 0 spiro atoms. The van der Waals surface area contributed by atoms with Crippen LogP contribution in [-0.2, 0) is 6.42 Å². The average Bonchev–Trinajstić information content (AvgIpc) is 2.73. The van der Waals surface area contributed by atoms with Crippen LogP contribution in [0.4, 0.5) is 0 Å². The highest BCUT2D eigenvalue weighted by Gasteiger charge is 2.28. The predicted molar refractivity (Wildman–Crippen MR) is 72.9 cm³/mol. The Labute approximate surface area is 109 Å². The van der Waals surface area contributed by atoms with E-state index in [1.165, 1.54) is 25.0 Å². The van der Waals surface area contributed by atoms with E-state index in [1.54, 1.807) is 0 Å². The monoisotopic (exact) mass is 245 g/mol. The molecule has 1 fully saturated rings. The molecule has 2 heteroatoms. The minimum atomic E-state index is 0.354. The fourth-order valence-electron chi connectivity index (χ4n) is 4.02. The summed E-state index contributed by atoms with van der Waals surface area (Å²) in [6.45, 7) is 4.73. The number of ketones is 1. The summed E-state index contributed by atoms with van der Waals surface area (Å²) in [6.07, 6.45) is 8.96. The van der Waals surface area contributed by atoms with Crippen LogP contribution in [0.3, 0.4) is 0 Å². The molecule has 0 amide bonds. The van der Waals surface area contributed by atoms with E-state index in [-0.39, 0.29) is 0 Å². The van der Waals surface area contributed by atoms with Gasteiger partial charge in [0.25, 0.3) is 0 Å². The van der Waals surface area contributed by atoms with Crippen LogP contribution >= 0.6 is 0 Å². The van der Waals surface area contributed by atoms with E-state index in [1.807, 2.05) is 0 Å². The van der Waals surface area contributed by atoms with Gasteiger partial charge in [-0.3, -0.25) is 4.79 Å². The van der Waals surface area contributed by atoms with Gasteiger partial charge in [-0.15, -0.1) is 0 Å². The van der Waals surface area contributed by atoms with Crippen LogP contribution in [0.25, 0.3) is 0 Å². The fourth-order valence-corrected chi connectivity index (χ4v) is 4.02. The van der Waals surface area contributed by atoms with Gasteiger partial charge in [-0.1, -0.05) is 13.8 Å². The number of Topliss-reactive ketones (excluding diaryl/α,β-unsaturated/α-hetero) is 1. The van der Waals surface area contributed by atoms with Crippen LogP contribution in [0.2, 0.25) is 0 Å². The lowest BCUT2D eigenvalue weighted by molar-refractivity contribution is 0.0971. The third-order valence-electron chi connectivity index (χ3n) is 4.69. The number of hydrogen-bond acceptors (Lipinski definition) is 1. The Morgan fingerprint density at radius 2 is 1.83 bits per heavy atom. The molecule has 0 bridgehead atoms. The van der Waals surface area contributed by atoms with E-state index in [9.17, 15) is 4.79 Å². The molecule has 18 heavy (non-hydrogen) atoms. The molecule has 1 heterocycles. The van der Waals surface area contributed by atoms with E-state index in [2.05, 4.69) is 30.7 Å². The van der Waals surface area contributed by atoms with Gasteiger partial charge in [0.2, 0.25) is 0 Å². The minimum absolute atomic E-state index is 0.354. The molecule has 2 atom stereocenters. The topological polar surface area (TPSA) is 22.0 Å². The van der Waals surface area contributed by atoms with Gasteiger partial charge in [0.05, 0.1) is 0 Å². The smallest absolute Gasteiger partial charge is 0.164 e. The van der Waals surface area contributed by atoms with E-state index in [0.29, 0.717) is 11.8 Å². The van der Waals surface area contributed by atoms with Gasteiger partial charge < -0.3 is 4.57 Å². The van der Waals surface area contributed by atoms with E-state index in [4.69, 9.17) is 0 Å². The molecule has 2 aliphatic rings. The maximum atomic E-state index is 11.9. The number of nitrogens with zero attached hydrogens (tertiary/aromatic N) is 1. The summed E-state index contributed by atoms with van der Waals surface area (Å²) in [4.78, 5) is 11.9. The molecule has 0 aromatic carbocycles. The van der Waals surface area contributed by atoms with Crippen molar-refractivity contribution in [3.63, 3.8) is 0 Å². The second kappa shape index (κ2) is 4.56. The lowest BCUT2D eigenvalue weighted by Crippen LogP contribution is -2.24. The summed E-state index contributed by atoms with van der Waals surface area (Å²) in [6, 6.07) is 2.68. The van der Waals surface area contributed by atoms with Gasteiger partial charge in [-0.2, -0.15) is 0 Å². The van der Waals surface area contributed by atoms with Crippen molar-refractivity contribution in [2.24, 2.45) is 11.8 Å². The third kappa shape index (κ3) is 2.02. The van der Waals surface area contributed by atoms with Crippen molar-refractivity contribution in [1.29, 1.82) is 0 Å². The first kappa shape index (κ1) is 12.0. The van der Waals surface area contributed by atoms with Crippen molar-refractivity contribution in [3.8, 4) is 0 Å². The Bertz CT molecular complexity index is 450. The quantitative estimate of drug-likeness (QED) is 0.733. The fraction of sp³-hybridized carbons (Fsp3) is 0.688. The highest BCUT2D eigenvalue weighted by atomic mass is 16.1. The molecule has 1 aromatic heterocycles. The highest BCUT2D eigenvalue weighted by molar-refractivity contribution is 5.98. The predicted octanol–water partition coefficient (Wildman–Crippen LogP) is 4.00. The Balaban J connectivity index is 1.90. The Morgan fingerprint density at radius 1 is 1.11 bits per heavy atom. The van der Waals surface area contributed by atoms with Crippen molar-refractivity contribution < 1.29 is 4.79 Å². The number of hydrogen-bond donors (Lipinski definition) is 0. The molecule has 0 saturated heterocycles. The van der Waals surface area contributed by atoms with Crippen LogP contribution in [0, 0.1) is 11.8 Å². The summed E-state index contributed by atoms with van der Waals surface area (Å²) in [5.74, 6) is 1.99. The first-order valence-electron chi connectivity index (χ1n) is 7.38. The average molecular weight is 245 g/mol. The molecular weight excluding hydrogens is 222 g/mol. The zero-order valence-corrected chi connectivity index (χ0v) is 11.5. The van der Waals surface area contributed by atoms with E-state index in [0.717, 1.165) is 36.7 Å². The van der Waals surface area contributed by atoms with Crippen molar-refractivity contribution in [1.82, 2.24) is 4.57 Å². The molecule has 98 valence electrons. The van der Waals surface area contributed by atoms with Gasteiger partial charge in [0.1, 0.15) is 0 Å². The molecule has 3 rings (SSSR count). The molecule has 0 aliphatic heterocycles. The van der Waals surface area contributed by atoms with Gasteiger partial charge in [-0.05, 0) is 50.0 Å². The number of fused-ring (bicyclic) bond motifs is 1. The van der Waals surface area contributed by atoms with Crippen LogP contribution in [0.15, 0.2) is 12.3 Å². The first-order valence-corrected chi connectivity index (χ1v) is 7.38. The summed E-state index contributed by atoms with van der Waals surface area (Å²) < 4.78 is 2.43. The van der Waals surface area contributed by atoms with Crippen molar-refractivity contribution >= 4 is 5.78 Å². The third-order valence-corrected chi connectivity index (χ3v) is 4.69. The lowest BCUT2D eigenvalue weighted by atomic mass is 9.80. The van der Waals surface area contributed by atoms with Crippen molar-refractivity contribution in [2.45, 2.75) is 58.4 Å². The van der Waals surface area contributed by atoms with Crippen LogP contribution in [0.5, 0.6) is 0 Å². The normalized spacial score (nSPS) is 32.3. The van der Waals surface area contributed by atoms with E-state index < -0.39 is 0 Å². The van der Waals surface area contributed by atoms with Gasteiger partial charge >= 0.3 is 0 Å². The zero-order valence-electron chi connectivity index (χ0n) is 11.5. The van der Waals surface area contributed by atoms with Crippen LogP contribution in [0.1, 0.15) is 68.0 Å². The van der Waals surface area contributed by atoms with Gasteiger partial charge in [0.15, 0.2) is 5.78 Å². The summed E-state index contributed by atoms with van der Waals surface area (Å²) in [7, 11) is 0. The molecule has 2 nitrogen and oxygen atoms in total. The first-order chi connectivity index (χ1) is 8.65. The molecular formula is C16H23NO. The Morgan fingerprint density at radius 3 is 2.56 bits per heavy atom. The molecule has 1 saturated carbocycles. The Hall–Kier alpha value is -1.05. The van der Waals surface area contributed by atoms with Gasteiger partial charge in [0, 0.05) is 29.9 Å². The van der Waals surface area contributed by atoms with E-state index >= 15 is 0 Å². The SMILES string of the molecule is CC1CC(C)CC(n2ccc3c2CCCC3=O)C1. The lowest BCUT2D eigenvalue weighted by Gasteiger charge is -2.34. The molecule has 0 N–H and O–H groups in total. The van der Waals surface area contributed by atoms with Crippen LogP contribution in [-0.4, -0.2) is 10.4 Å². The highest BCUT2D eigenvalue weighted by Crippen LogP contribution is 2.38. The largest absolute Gasteiger partial charge is 0.348 e. The summed E-state index contributed by atoms with van der Waals surface area (Å²) >= 11 is 0. The van der Waals surface area contributed by atoms with Crippen molar-refractivity contribution in [3.05, 3.63) is 23.5 Å². The molecule has 0 radical (unpaired) electrons. The number of aromatic nitrogens is 1. The summed E-state index contributed by atoms with van der Waals surface area (Å²) in [5.41, 5.74) is 2.32. The standard InChI is InChI=1S/C16H23NO/c1-11-8-12(2)10-13(9-11)17-7-6-14-15(17)4-3-5-16(14)18/h6-7,11-13H,3-5,8-10H2,1-2H3. The number of carbonyl (C=O) groups excluding carboxylic acids is 1. The minimum Gasteiger partial charge on any atom is -0.348 e. The summed E-state index contributed by atoms with van der Waals surface area (Å²) in [5, 5.41) is 0. The van der Waals surface area contributed by atoms with Gasteiger partial charge in [-0.25, -0.2) is 0 Å². The van der Waals surface area contributed by atoms with Crippen LogP contribution < -0.4 is 0 Å². The maximum absolute atomic E-state index is 11.9. The molecule has 1 aromatic rings. The number of carbonyl (C=O) groups is 1. The maximum Gasteiger partial charge on any atom is 0.164 e. The molecule has 2 aliphatic carbocycles. The second-order valence-electron chi connectivity index (χ2n) is 6.43. The van der Waals surface area contributed by atoms with Crippen molar-refractivity contribution in [2.75, 3.05) is 0 Å². The molecule has 2 unspecified atom stereocenters. The second-order valence-corrected chi connectivity index (χ2v) is 6.43.